The van der Waals surface area contributed by atoms with E-state index in [2.05, 4.69) is 36.5 Å². The number of aryl methyl sites for hydroxylation is 2. The van der Waals surface area contributed by atoms with Gasteiger partial charge in [0, 0.05) is 23.5 Å². The highest BCUT2D eigenvalue weighted by atomic mass is 16.6. The van der Waals surface area contributed by atoms with Gasteiger partial charge in [-0.15, -0.1) is 0 Å². The van der Waals surface area contributed by atoms with Gasteiger partial charge in [0.25, 0.3) is 5.69 Å². The number of hydrazone groups is 1. The van der Waals surface area contributed by atoms with Gasteiger partial charge in [0.15, 0.2) is 0 Å². The molecule has 1 amide bonds. The summed E-state index contributed by atoms with van der Waals surface area (Å²) in [7, 11) is 0. The van der Waals surface area contributed by atoms with Crippen molar-refractivity contribution in [3.63, 3.8) is 0 Å². The van der Waals surface area contributed by atoms with Gasteiger partial charge in [-0.1, -0.05) is 24.3 Å². The van der Waals surface area contributed by atoms with Crippen LogP contribution in [-0.2, 0) is 11.2 Å². The minimum absolute atomic E-state index is 0.0785. The van der Waals surface area contributed by atoms with Crippen LogP contribution in [0, 0.1) is 24.0 Å². The van der Waals surface area contributed by atoms with Gasteiger partial charge in [-0.05, 0) is 49.2 Å². The quantitative estimate of drug-likeness (QED) is 0.404. The first-order valence-corrected chi connectivity index (χ1v) is 8.75. The standard InChI is InChI=1S/C21H20N4O3/c1-15-9-10-18(12-16(15)2)24-11-5-7-19(24)14-22-23-21(26)13-17-6-3-4-8-20(17)25(27)28/h3-12,14H,13H2,1-2H3,(H,23,26)/b22-14+. The molecule has 7 nitrogen and oxygen atoms in total. The summed E-state index contributed by atoms with van der Waals surface area (Å²) < 4.78 is 1.96. The Morgan fingerprint density at radius 2 is 1.93 bits per heavy atom. The second-order valence-corrected chi connectivity index (χ2v) is 6.43. The molecule has 3 rings (SSSR count). The lowest BCUT2D eigenvalue weighted by molar-refractivity contribution is -0.385. The van der Waals surface area contributed by atoms with Crippen LogP contribution in [0.5, 0.6) is 0 Å². The number of nitro groups is 1. The smallest absolute Gasteiger partial charge is 0.273 e. The molecule has 0 aliphatic rings. The van der Waals surface area contributed by atoms with Crippen molar-refractivity contribution in [3.05, 3.63) is 93.3 Å². The molecule has 28 heavy (non-hydrogen) atoms. The number of amides is 1. The molecule has 0 radical (unpaired) electrons. The number of aromatic nitrogens is 1. The number of para-hydroxylation sites is 1. The van der Waals surface area contributed by atoms with E-state index in [1.54, 1.807) is 24.4 Å². The number of hydrogen-bond donors (Lipinski definition) is 1. The Labute approximate surface area is 162 Å². The highest BCUT2D eigenvalue weighted by Crippen LogP contribution is 2.18. The molecule has 0 fully saturated rings. The molecule has 1 N–H and O–H groups in total. The van der Waals surface area contributed by atoms with Crippen LogP contribution in [0.2, 0.25) is 0 Å². The van der Waals surface area contributed by atoms with Gasteiger partial charge in [0.2, 0.25) is 5.91 Å². The van der Waals surface area contributed by atoms with Crippen LogP contribution in [0.1, 0.15) is 22.4 Å². The van der Waals surface area contributed by atoms with Crippen molar-refractivity contribution in [1.29, 1.82) is 0 Å². The predicted molar refractivity (Wildman–Crippen MR) is 108 cm³/mol. The molecule has 2 aromatic carbocycles. The van der Waals surface area contributed by atoms with Crippen LogP contribution in [0.15, 0.2) is 65.9 Å². The predicted octanol–water partition coefficient (Wildman–Crippen LogP) is 3.70. The van der Waals surface area contributed by atoms with E-state index in [0.717, 1.165) is 11.4 Å². The third-order valence-corrected chi connectivity index (χ3v) is 4.47. The molecule has 0 saturated heterocycles. The topological polar surface area (TPSA) is 89.5 Å². The van der Waals surface area contributed by atoms with Crippen LogP contribution >= 0.6 is 0 Å². The number of nitrogens with zero attached hydrogens (tertiary/aromatic N) is 3. The van der Waals surface area contributed by atoms with Gasteiger partial charge in [0.05, 0.1) is 23.3 Å². The number of nitrogens with one attached hydrogen (secondary N) is 1. The molecule has 7 heteroatoms. The number of carbonyl (C=O) groups excluding carboxylic acids is 1. The molecule has 0 saturated carbocycles. The molecule has 1 heterocycles. The van der Waals surface area contributed by atoms with Gasteiger partial charge >= 0.3 is 0 Å². The number of carbonyl (C=O) groups is 1. The Balaban J connectivity index is 1.69. The molecule has 0 aliphatic carbocycles. The zero-order chi connectivity index (χ0) is 20.1. The summed E-state index contributed by atoms with van der Waals surface area (Å²) in [5.74, 6) is -0.421. The molecule has 0 bridgehead atoms. The van der Waals surface area contributed by atoms with Gasteiger partial charge in [-0.3, -0.25) is 14.9 Å². The number of benzene rings is 2. The van der Waals surface area contributed by atoms with Gasteiger partial charge in [0.1, 0.15) is 0 Å². The Kier molecular flexibility index (Phi) is 5.64. The second kappa shape index (κ2) is 8.30. The van der Waals surface area contributed by atoms with Gasteiger partial charge < -0.3 is 4.57 Å². The largest absolute Gasteiger partial charge is 0.316 e. The summed E-state index contributed by atoms with van der Waals surface area (Å²) in [5, 5.41) is 15.0. The Hall–Kier alpha value is -3.74. The van der Waals surface area contributed by atoms with E-state index in [1.165, 1.54) is 17.2 Å². The first-order valence-electron chi connectivity index (χ1n) is 8.75. The lowest BCUT2D eigenvalue weighted by Gasteiger charge is -2.09. The monoisotopic (exact) mass is 376 g/mol. The highest BCUT2D eigenvalue weighted by Gasteiger charge is 2.15. The van der Waals surface area contributed by atoms with Crippen molar-refractivity contribution < 1.29 is 9.72 Å². The summed E-state index contributed by atoms with van der Waals surface area (Å²) in [5.41, 5.74) is 6.90. The van der Waals surface area contributed by atoms with E-state index in [0.29, 0.717) is 5.56 Å². The SMILES string of the molecule is Cc1ccc(-n2cccc2/C=N/NC(=O)Cc2ccccc2[N+](=O)[O-])cc1C. The van der Waals surface area contributed by atoms with Crippen LogP contribution in [0.3, 0.4) is 0 Å². The van der Waals surface area contributed by atoms with Crippen molar-refractivity contribution in [2.45, 2.75) is 20.3 Å². The van der Waals surface area contributed by atoms with Crippen LogP contribution in [0.4, 0.5) is 5.69 Å². The summed E-state index contributed by atoms with van der Waals surface area (Å²) in [4.78, 5) is 22.6. The minimum atomic E-state index is -0.498. The lowest BCUT2D eigenvalue weighted by atomic mass is 10.1. The van der Waals surface area contributed by atoms with E-state index < -0.39 is 10.8 Å². The van der Waals surface area contributed by atoms with Crippen molar-refractivity contribution in [3.8, 4) is 5.69 Å². The molecule has 0 unspecified atom stereocenters. The van der Waals surface area contributed by atoms with Crippen molar-refractivity contribution in [1.82, 2.24) is 9.99 Å². The minimum Gasteiger partial charge on any atom is -0.316 e. The third-order valence-electron chi connectivity index (χ3n) is 4.47. The zero-order valence-electron chi connectivity index (χ0n) is 15.6. The molecule has 0 atom stereocenters. The third kappa shape index (κ3) is 4.32. The van der Waals surface area contributed by atoms with Crippen LogP contribution < -0.4 is 5.43 Å². The maximum atomic E-state index is 12.1. The zero-order valence-corrected chi connectivity index (χ0v) is 15.6. The summed E-state index contributed by atoms with van der Waals surface area (Å²) in [6, 6.07) is 16.1. The van der Waals surface area contributed by atoms with E-state index in [-0.39, 0.29) is 12.1 Å². The Morgan fingerprint density at radius 1 is 1.14 bits per heavy atom. The first-order chi connectivity index (χ1) is 13.5. The summed E-state index contributed by atoms with van der Waals surface area (Å²) in [6.45, 7) is 4.11. The first kappa shape index (κ1) is 19.0. The number of rotatable bonds is 6. The second-order valence-electron chi connectivity index (χ2n) is 6.43. The molecule has 3 aromatic rings. The molecule has 142 valence electrons. The van der Waals surface area contributed by atoms with Crippen LogP contribution in [-0.4, -0.2) is 21.6 Å². The highest BCUT2D eigenvalue weighted by molar-refractivity contribution is 5.83. The van der Waals surface area contributed by atoms with E-state index in [9.17, 15) is 14.9 Å². The van der Waals surface area contributed by atoms with Crippen molar-refractivity contribution in [2.75, 3.05) is 0 Å². The van der Waals surface area contributed by atoms with E-state index in [4.69, 9.17) is 0 Å². The van der Waals surface area contributed by atoms with Crippen LogP contribution in [0.25, 0.3) is 5.69 Å². The van der Waals surface area contributed by atoms with Crippen molar-refractivity contribution in [2.24, 2.45) is 5.10 Å². The maximum absolute atomic E-state index is 12.1. The Bertz CT molecular complexity index is 1050. The Morgan fingerprint density at radius 3 is 2.68 bits per heavy atom. The van der Waals surface area contributed by atoms with Gasteiger partial charge in [-0.2, -0.15) is 5.10 Å². The molecule has 0 aliphatic heterocycles. The molecule has 0 spiro atoms. The molecular formula is C21H20N4O3. The van der Waals surface area contributed by atoms with E-state index in [1.807, 2.05) is 29.0 Å². The fourth-order valence-corrected chi connectivity index (χ4v) is 2.83. The average Bonchev–Trinajstić information content (AvgIpc) is 3.13. The van der Waals surface area contributed by atoms with Gasteiger partial charge in [-0.25, -0.2) is 5.43 Å². The number of hydrogen-bond acceptors (Lipinski definition) is 4. The molecule has 1 aromatic heterocycles. The molecular weight excluding hydrogens is 356 g/mol. The van der Waals surface area contributed by atoms with Crippen molar-refractivity contribution >= 4 is 17.8 Å². The fourth-order valence-electron chi connectivity index (χ4n) is 2.83. The van der Waals surface area contributed by atoms with E-state index >= 15 is 0 Å². The normalized spacial score (nSPS) is 10.9. The maximum Gasteiger partial charge on any atom is 0.273 e. The lowest BCUT2D eigenvalue weighted by Crippen LogP contribution is -2.20. The summed E-state index contributed by atoms with van der Waals surface area (Å²) >= 11 is 0. The summed E-state index contributed by atoms with van der Waals surface area (Å²) in [6.07, 6.45) is 3.35. The fraction of sp³-hybridized carbons (Fsp3) is 0.143. The average molecular weight is 376 g/mol. The number of nitro benzene ring substituents is 1.